The van der Waals surface area contributed by atoms with Crippen molar-refractivity contribution in [2.45, 2.75) is 121 Å². The molecule has 9 nitrogen and oxygen atoms in total. The third-order valence-corrected chi connectivity index (χ3v) is 14.6. The van der Waals surface area contributed by atoms with Crippen molar-refractivity contribution >= 4 is 17.9 Å². The lowest BCUT2D eigenvalue weighted by Gasteiger charge is -2.62. The van der Waals surface area contributed by atoms with E-state index in [4.69, 9.17) is 23.7 Å². The molecule has 3 saturated carbocycles. The van der Waals surface area contributed by atoms with Crippen molar-refractivity contribution in [3.8, 4) is 0 Å². The molecule has 12 atom stereocenters. The summed E-state index contributed by atoms with van der Waals surface area (Å²) in [6, 6.07) is 18.0. The van der Waals surface area contributed by atoms with Gasteiger partial charge in [-0.05, 0) is 106 Å². The largest absolute Gasteiger partial charge is 0.463 e. The van der Waals surface area contributed by atoms with Crippen LogP contribution in [0.15, 0.2) is 72.3 Å². The lowest BCUT2D eigenvalue weighted by atomic mass is 9.44. The second-order valence-electron chi connectivity index (χ2n) is 17.2. The average molecular weight is 713 g/mol. The summed E-state index contributed by atoms with van der Waals surface area (Å²) in [5.74, 6) is -1.84. The number of ether oxygens (including phenoxy) is 5. The van der Waals surface area contributed by atoms with E-state index in [0.717, 1.165) is 37.7 Å². The Hall–Kier alpha value is -3.53. The number of carbonyl (C=O) groups excluding carboxylic acids is 3. The quantitative estimate of drug-likeness (QED) is 0.195. The minimum atomic E-state index is -1.42. The van der Waals surface area contributed by atoms with Crippen molar-refractivity contribution in [3.63, 3.8) is 0 Å². The smallest absolute Gasteiger partial charge is 0.338 e. The van der Waals surface area contributed by atoms with Crippen LogP contribution in [-0.2, 0) is 28.5 Å². The molecule has 1 N–H and O–H groups in total. The van der Waals surface area contributed by atoms with Gasteiger partial charge < -0.3 is 28.8 Å². The van der Waals surface area contributed by atoms with Crippen LogP contribution in [0, 0.1) is 34.5 Å². The van der Waals surface area contributed by atoms with Gasteiger partial charge in [0.1, 0.15) is 29.5 Å². The molecule has 2 aromatic carbocycles. The van der Waals surface area contributed by atoms with Gasteiger partial charge in [0.05, 0.1) is 23.1 Å². The number of aliphatic hydroxyl groups is 1. The summed E-state index contributed by atoms with van der Waals surface area (Å²) in [7, 11) is 0. The minimum absolute atomic E-state index is 0.0404. The van der Waals surface area contributed by atoms with E-state index >= 15 is 0 Å². The Labute approximate surface area is 306 Å². The summed E-state index contributed by atoms with van der Waals surface area (Å²) in [5, 5.41) is 13.3. The van der Waals surface area contributed by atoms with Gasteiger partial charge in [0.2, 0.25) is 0 Å². The number of benzene rings is 2. The summed E-state index contributed by atoms with van der Waals surface area (Å²) in [4.78, 5) is 38.7. The van der Waals surface area contributed by atoms with E-state index in [-0.39, 0.29) is 35.9 Å². The number of hydrogen-bond acceptors (Lipinski definition) is 9. The maximum atomic E-state index is 13.9. The van der Waals surface area contributed by atoms with Crippen LogP contribution in [0.25, 0.3) is 0 Å². The second kappa shape index (κ2) is 12.5. The number of carbonyl (C=O) groups is 3. The molecule has 1 spiro atoms. The number of hydrogen-bond donors (Lipinski definition) is 1. The van der Waals surface area contributed by atoms with Crippen LogP contribution >= 0.6 is 0 Å². The van der Waals surface area contributed by atoms with Gasteiger partial charge in [0, 0.05) is 19.3 Å². The lowest BCUT2D eigenvalue weighted by Crippen LogP contribution is -2.65. The van der Waals surface area contributed by atoms with Crippen molar-refractivity contribution in [3.05, 3.63) is 83.4 Å². The minimum Gasteiger partial charge on any atom is -0.463 e. The van der Waals surface area contributed by atoms with E-state index < -0.39 is 52.5 Å². The molecule has 8 rings (SSSR count). The van der Waals surface area contributed by atoms with E-state index in [0.29, 0.717) is 36.3 Å². The van der Waals surface area contributed by atoms with Gasteiger partial charge in [0.25, 0.3) is 0 Å². The molecule has 6 aliphatic rings. The highest BCUT2D eigenvalue weighted by Crippen LogP contribution is 2.71. The van der Waals surface area contributed by atoms with E-state index in [1.807, 2.05) is 38.1 Å². The number of fused-ring (bicyclic) bond motifs is 7. The Morgan fingerprint density at radius 2 is 1.50 bits per heavy atom. The van der Waals surface area contributed by atoms with Gasteiger partial charge in [-0.1, -0.05) is 61.9 Å². The van der Waals surface area contributed by atoms with Gasteiger partial charge in [-0.15, -0.1) is 0 Å². The van der Waals surface area contributed by atoms with Gasteiger partial charge in [-0.25, -0.2) is 9.59 Å². The van der Waals surface area contributed by atoms with Crippen LogP contribution in [-0.4, -0.2) is 64.9 Å². The summed E-state index contributed by atoms with van der Waals surface area (Å²) in [5.41, 5.74) is -1.18. The molecular weight excluding hydrogens is 660 g/mol. The van der Waals surface area contributed by atoms with E-state index in [9.17, 15) is 19.5 Å². The first-order chi connectivity index (χ1) is 24.7. The Bertz CT molecular complexity index is 1750. The molecule has 0 bridgehead atoms. The molecule has 5 fully saturated rings. The third kappa shape index (κ3) is 5.31. The molecule has 52 heavy (non-hydrogen) atoms. The van der Waals surface area contributed by atoms with E-state index in [2.05, 4.69) is 19.9 Å². The standard InChI is InChI=1S/C43H52O9/c1-26-42(21-20-39(3,25-48-42)52-38(46)29-14-10-7-11-15-29)51-36-24-34-32-17-16-30-22-31(49-27(2)44)18-19-40(30,4)33(32)23-35(41(34,5)43(26,36)47)50-37(45)28-12-8-6-9-13-28/h6-15,24,26,30-33,35-36,47H,16-23,25H2,1-5H3/t26-,30+,31+,32-,33+,35-,36+,39+,40+,41-,42-,43-/m1/s1. The Kier molecular flexibility index (Phi) is 8.55. The Morgan fingerprint density at radius 3 is 2.13 bits per heavy atom. The SMILES string of the molecule is CC(=O)O[C@H]1CC[C@@]2(C)[C@@H](CC[C@H]3C4=C[C@@H]5O[C@]6(CC[C@](C)(OC(=O)c7ccccc7)CO6)[C@@H](C)[C@]5(O)[C@@]4(C)[C@H](OC(=O)c4ccccc4)C[C@@H]32)C1. The van der Waals surface area contributed by atoms with E-state index in [1.54, 1.807) is 36.4 Å². The molecule has 2 aromatic rings. The predicted octanol–water partition coefficient (Wildman–Crippen LogP) is 7.21. The summed E-state index contributed by atoms with van der Waals surface area (Å²) in [6.07, 6.45) is 6.86. The molecule has 0 aromatic heterocycles. The first-order valence-corrected chi connectivity index (χ1v) is 19.2. The summed E-state index contributed by atoms with van der Waals surface area (Å²) >= 11 is 0. The fraction of sp³-hybridized carbons (Fsp3) is 0.605. The first-order valence-electron chi connectivity index (χ1n) is 19.2. The summed E-state index contributed by atoms with van der Waals surface area (Å²) in [6.45, 7) is 9.95. The van der Waals surface area contributed by atoms with Crippen LogP contribution in [0.4, 0.5) is 0 Å². The zero-order valence-electron chi connectivity index (χ0n) is 31.0. The molecule has 9 heteroatoms. The van der Waals surface area contributed by atoms with Crippen LogP contribution in [0.2, 0.25) is 0 Å². The molecule has 2 heterocycles. The summed E-state index contributed by atoms with van der Waals surface area (Å²) < 4.78 is 31.8. The number of rotatable bonds is 5. The van der Waals surface area contributed by atoms with Crippen LogP contribution in [0.5, 0.6) is 0 Å². The van der Waals surface area contributed by atoms with Crippen molar-refractivity contribution in [2.24, 2.45) is 34.5 Å². The molecule has 4 aliphatic carbocycles. The topological polar surface area (TPSA) is 118 Å². The van der Waals surface area contributed by atoms with E-state index in [1.165, 1.54) is 6.92 Å². The molecule has 0 amide bonds. The van der Waals surface area contributed by atoms with Gasteiger partial charge in [-0.3, -0.25) is 4.79 Å². The highest BCUT2D eigenvalue weighted by molar-refractivity contribution is 5.90. The Balaban J connectivity index is 1.10. The van der Waals surface area contributed by atoms with Gasteiger partial charge in [-0.2, -0.15) is 0 Å². The first kappa shape index (κ1) is 35.5. The number of esters is 3. The van der Waals surface area contributed by atoms with Crippen LogP contribution in [0.3, 0.4) is 0 Å². The average Bonchev–Trinajstić information content (AvgIpc) is 3.49. The maximum absolute atomic E-state index is 13.9. The second-order valence-corrected chi connectivity index (χ2v) is 17.2. The lowest BCUT2D eigenvalue weighted by molar-refractivity contribution is -0.288. The highest BCUT2D eigenvalue weighted by atomic mass is 16.7. The molecule has 0 unspecified atom stereocenters. The fourth-order valence-corrected chi connectivity index (χ4v) is 11.6. The van der Waals surface area contributed by atoms with Crippen LogP contribution in [0.1, 0.15) is 107 Å². The van der Waals surface area contributed by atoms with Crippen LogP contribution < -0.4 is 0 Å². The molecule has 2 aliphatic heterocycles. The monoisotopic (exact) mass is 712 g/mol. The van der Waals surface area contributed by atoms with Gasteiger partial charge in [0.15, 0.2) is 5.79 Å². The Morgan fingerprint density at radius 1 is 0.827 bits per heavy atom. The van der Waals surface area contributed by atoms with Crippen molar-refractivity contribution in [1.29, 1.82) is 0 Å². The fourth-order valence-electron chi connectivity index (χ4n) is 11.6. The van der Waals surface area contributed by atoms with Gasteiger partial charge >= 0.3 is 17.9 Å². The van der Waals surface area contributed by atoms with Crippen molar-refractivity contribution in [2.75, 3.05) is 6.61 Å². The van der Waals surface area contributed by atoms with Crippen molar-refractivity contribution in [1.82, 2.24) is 0 Å². The van der Waals surface area contributed by atoms with Crippen molar-refractivity contribution < 1.29 is 43.2 Å². The zero-order valence-corrected chi connectivity index (χ0v) is 31.0. The maximum Gasteiger partial charge on any atom is 0.338 e. The zero-order chi connectivity index (χ0) is 36.7. The predicted molar refractivity (Wildman–Crippen MR) is 191 cm³/mol. The third-order valence-electron chi connectivity index (χ3n) is 14.6. The highest BCUT2D eigenvalue weighted by Gasteiger charge is 2.77. The normalized spacial score (nSPS) is 43.3. The molecular formula is C43H52O9. The molecule has 2 saturated heterocycles. The molecule has 278 valence electrons. The molecule has 0 radical (unpaired) electrons.